The highest BCUT2D eigenvalue weighted by Gasteiger charge is 2.18. The number of hydrogen-bond donors (Lipinski definition) is 0. The first kappa shape index (κ1) is 16.7. The van der Waals surface area contributed by atoms with Crippen molar-refractivity contribution in [2.24, 2.45) is 0 Å². The predicted octanol–water partition coefficient (Wildman–Crippen LogP) is 4.84. The Hall–Kier alpha value is -3.14. The molecule has 3 aromatic rings. The Labute approximate surface area is 147 Å². The minimum Gasteiger partial charge on any atom is -0.378 e. The number of nitro benzene ring substituents is 1. The predicted molar refractivity (Wildman–Crippen MR) is 101 cm³/mol. The largest absolute Gasteiger partial charge is 0.378 e. The maximum Gasteiger partial charge on any atom is 0.269 e. The molecule has 4 nitrogen and oxygen atoms in total. The summed E-state index contributed by atoms with van der Waals surface area (Å²) in [7, 11) is 4.03. The minimum atomic E-state index is -0.368. The normalized spacial score (nSPS) is 11.8. The van der Waals surface area contributed by atoms with Crippen LogP contribution in [0.25, 0.3) is 0 Å². The second kappa shape index (κ2) is 7.18. The van der Waals surface area contributed by atoms with Gasteiger partial charge in [0.15, 0.2) is 0 Å². The number of non-ortho nitro benzene ring substituents is 1. The molecule has 0 saturated heterocycles. The Kier molecular flexibility index (Phi) is 4.80. The van der Waals surface area contributed by atoms with Crippen LogP contribution in [0.5, 0.6) is 0 Å². The molecule has 0 bridgehead atoms. The Balaban J connectivity index is 2.05. The van der Waals surface area contributed by atoms with Gasteiger partial charge in [0.05, 0.1) is 4.92 Å². The third-order valence-corrected chi connectivity index (χ3v) is 4.31. The maximum absolute atomic E-state index is 10.9. The van der Waals surface area contributed by atoms with E-state index in [0.29, 0.717) is 0 Å². The number of nitro groups is 1. The Bertz CT molecular complexity index is 841. The lowest BCUT2D eigenvalue weighted by Crippen LogP contribution is -2.09. The monoisotopic (exact) mass is 332 g/mol. The minimum absolute atomic E-state index is 0.0400. The van der Waals surface area contributed by atoms with Crippen LogP contribution in [-0.4, -0.2) is 19.0 Å². The SMILES string of the molecule is CN(C)c1ccc(C(c2ccccc2)c2ccc([N+](=O)[O-])cc2)cc1. The molecule has 3 aromatic carbocycles. The van der Waals surface area contributed by atoms with Crippen LogP contribution in [0.15, 0.2) is 78.9 Å². The van der Waals surface area contributed by atoms with Gasteiger partial charge in [-0.05, 0) is 28.8 Å². The van der Waals surface area contributed by atoms with Gasteiger partial charge in [0.2, 0.25) is 0 Å². The number of anilines is 1. The molecule has 0 N–H and O–H groups in total. The first-order valence-corrected chi connectivity index (χ1v) is 8.13. The third-order valence-electron chi connectivity index (χ3n) is 4.31. The summed E-state index contributed by atoms with van der Waals surface area (Å²) in [6.07, 6.45) is 0. The number of hydrogen-bond acceptors (Lipinski definition) is 3. The molecule has 0 radical (unpaired) electrons. The highest BCUT2D eigenvalue weighted by molar-refractivity contribution is 5.51. The molecule has 0 amide bonds. The first-order chi connectivity index (χ1) is 12.1. The van der Waals surface area contributed by atoms with E-state index in [1.54, 1.807) is 12.1 Å². The standard InChI is InChI=1S/C21H20N2O2/c1-22(2)19-12-8-17(9-13-19)21(16-6-4-3-5-7-16)18-10-14-20(15-11-18)23(24)25/h3-15,21H,1-2H3. The average molecular weight is 332 g/mol. The molecule has 126 valence electrons. The van der Waals surface area contributed by atoms with Crippen LogP contribution in [0.1, 0.15) is 22.6 Å². The molecule has 25 heavy (non-hydrogen) atoms. The molecule has 0 fully saturated rings. The molecule has 4 heteroatoms. The Morgan fingerprint density at radius 3 is 1.72 bits per heavy atom. The van der Waals surface area contributed by atoms with Crippen LogP contribution >= 0.6 is 0 Å². The van der Waals surface area contributed by atoms with E-state index in [1.165, 1.54) is 0 Å². The lowest BCUT2D eigenvalue weighted by atomic mass is 9.85. The Morgan fingerprint density at radius 2 is 1.24 bits per heavy atom. The van der Waals surface area contributed by atoms with Crippen molar-refractivity contribution in [1.29, 1.82) is 0 Å². The van der Waals surface area contributed by atoms with Gasteiger partial charge in [-0.2, -0.15) is 0 Å². The molecule has 3 rings (SSSR count). The van der Waals surface area contributed by atoms with E-state index in [1.807, 2.05) is 44.4 Å². The quantitative estimate of drug-likeness (QED) is 0.381. The summed E-state index contributed by atoms with van der Waals surface area (Å²) in [4.78, 5) is 12.6. The van der Waals surface area contributed by atoms with Gasteiger partial charge in [0.25, 0.3) is 5.69 Å². The van der Waals surface area contributed by atoms with Gasteiger partial charge in [0.1, 0.15) is 0 Å². The van der Waals surface area contributed by atoms with Crippen LogP contribution in [-0.2, 0) is 0 Å². The van der Waals surface area contributed by atoms with E-state index in [4.69, 9.17) is 0 Å². The van der Waals surface area contributed by atoms with Crippen molar-refractivity contribution in [2.45, 2.75) is 5.92 Å². The van der Waals surface area contributed by atoms with E-state index < -0.39 is 0 Å². The van der Waals surface area contributed by atoms with Crippen molar-refractivity contribution in [3.63, 3.8) is 0 Å². The summed E-state index contributed by atoms with van der Waals surface area (Å²) in [5.74, 6) is 0.0400. The summed E-state index contributed by atoms with van der Waals surface area (Å²) in [5, 5.41) is 10.9. The van der Waals surface area contributed by atoms with E-state index in [-0.39, 0.29) is 16.5 Å². The van der Waals surface area contributed by atoms with Crippen LogP contribution in [0, 0.1) is 10.1 Å². The van der Waals surface area contributed by atoms with Gasteiger partial charge in [-0.3, -0.25) is 10.1 Å². The van der Waals surface area contributed by atoms with Gasteiger partial charge in [-0.1, -0.05) is 54.6 Å². The third kappa shape index (κ3) is 3.69. The molecule has 1 unspecified atom stereocenters. The molecule has 0 saturated carbocycles. The summed E-state index contributed by atoms with van der Waals surface area (Å²) in [5.41, 5.74) is 4.60. The molecule has 0 aromatic heterocycles. The van der Waals surface area contributed by atoms with Crippen LogP contribution in [0.4, 0.5) is 11.4 Å². The summed E-state index contributed by atoms with van der Waals surface area (Å²) in [6, 6.07) is 25.5. The fourth-order valence-corrected chi connectivity index (χ4v) is 2.98. The number of rotatable bonds is 5. The summed E-state index contributed by atoms with van der Waals surface area (Å²) >= 11 is 0. The van der Waals surface area contributed by atoms with Crippen LogP contribution < -0.4 is 4.90 Å². The topological polar surface area (TPSA) is 46.4 Å². The average Bonchev–Trinajstić information content (AvgIpc) is 2.64. The molecule has 0 aliphatic heterocycles. The first-order valence-electron chi connectivity index (χ1n) is 8.13. The number of nitrogens with zero attached hydrogens (tertiary/aromatic N) is 2. The van der Waals surface area contributed by atoms with E-state index >= 15 is 0 Å². The molecular weight excluding hydrogens is 312 g/mol. The molecule has 0 spiro atoms. The van der Waals surface area contributed by atoms with Crippen molar-refractivity contribution in [1.82, 2.24) is 0 Å². The smallest absolute Gasteiger partial charge is 0.269 e. The van der Waals surface area contributed by atoms with Gasteiger partial charge in [-0.15, -0.1) is 0 Å². The van der Waals surface area contributed by atoms with E-state index in [9.17, 15) is 10.1 Å². The highest BCUT2D eigenvalue weighted by atomic mass is 16.6. The van der Waals surface area contributed by atoms with Crippen molar-refractivity contribution >= 4 is 11.4 Å². The van der Waals surface area contributed by atoms with E-state index in [0.717, 1.165) is 22.4 Å². The molecule has 0 heterocycles. The maximum atomic E-state index is 10.9. The fraction of sp³-hybridized carbons (Fsp3) is 0.143. The second-order valence-corrected chi connectivity index (χ2v) is 6.18. The van der Waals surface area contributed by atoms with Crippen molar-refractivity contribution in [2.75, 3.05) is 19.0 Å². The Morgan fingerprint density at radius 1 is 0.760 bits per heavy atom. The fourth-order valence-electron chi connectivity index (χ4n) is 2.98. The molecule has 0 aliphatic carbocycles. The summed E-state index contributed by atoms with van der Waals surface area (Å²) in [6.45, 7) is 0. The van der Waals surface area contributed by atoms with E-state index in [2.05, 4.69) is 41.3 Å². The van der Waals surface area contributed by atoms with Crippen LogP contribution in [0.2, 0.25) is 0 Å². The van der Waals surface area contributed by atoms with Gasteiger partial charge >= 0.3 is 0 Å². The lowest BCUT2D eigenvalue weighted by molar-refractivity contribution is -0.384. The van der Waals surface area contributed by atoms with Gasteiger partial charge in [-0.25, -0.2) is 0 Å². The van der Waals surface area contributed by atoms with Crippen molar-refractivity contribution in [3.05, 3.63) is 106 Å². The van der Waals surface area contributed by atoms with Gasteiger partial charge < -0.3 is 4.90 Å². The second-order valence-electron chi connectivity index (χ2n) is 6.18. The van der Waals surface area contributed by atoms with Crippen molar-refractivity contribution < 1.29 is 4.92 Å². The zero-order valence-electron chi connectivity index (χ0n) is 14.3. The zero-order chi connectivity index (χ0) is 17.8. The molecular formula is C21H20N2O2. The molecule has 1 atom stereocenters. The lowest BCUT2D eigenvalue weighted by Gasteiger charge is -2.20. The van der Waals surface area contributed by atoms with Crippen LogP contribution in [0.3, 0.4) is 0 Å². The molecule has 0 aliphatic rings. The highest BCUT2D eigenvalue weighted by Crippen LogP contribution is 2.33. The van der Waals surface area contributed by atoms with Gasteiger partial charge in [0, 0.05) is 37.8 Å². The summed E-state index contributed by atoms with van der Waals surface area (Å²) < 4.78 is 0. The van der Waals surface area contributed by atoms with Crippen molar-refractivity contribution in [3.8, 4) is 0 Å². The number of benzene rings is 3. The zero-order valence-corrected chi connectivity index (χ0v) is 14.3.